The highest BCUT2D eigenvalue weighted by Crippen LogP contribution is 2.39. The Balaban J connectivity index is 1.76. The summed E-state index contributed by atoms with van der Waals surface area (Å²) in [5.74, 6) is -6.35. The van der Waals surface area contributed by atoms with Crippen LogP contribution in [0, 0.1) is 23.7 Å². The van der Waals surface area contributed by atoms with Crippen molar-refractivity contribution in [2.24, 2.45) is 29.4 Å². The maximum absolute atomic E-state index is 14.5. The number of ether oxygens (including phenoxy) is 2. The Morgan fingerprint density at radius 2 is 1.61 bits per heavy atom. The van der Waals surface area contributed by atoms with Crippen LogP contribution in [0.5, 0.6) is 0 Å². The molecule has 2 fully saturated rings. The lowest BCUT2D eigenvalue weighted by atomic mass is 9.77. The first-order valence-electron chi connectivity index (χ1n) is 19.0. The second kappa shape index (κ2) is 20.6. The van der Waals surface area contributed by atoms with E-state index in [1.807, 2.05) is 34.6 Å². The number of hydrogen-bond donors (Lipinski definition) is 5. The predicted octanol–water partition coefficient (Wildman–Crippen LogP) is 4.06. The molecule has 0 aliphatic heterocycles. The maximum Gasteiger partial charge on any atom is 0.407 e. The van der Waals surface area contributed by atoms with Gasteiger partial charge in [-0.15, -0.1) is 0 Å². The summed E-state index contributed by atoms with van der Waals surface area (Å²) >= 11 is 6.01. The first kappa shape index (κ1) is 44.4. The first-order chi connectivity index (χ1) is 25.4. The highest BCUT2D eigenvalue weighted by Gasteiger charge is 2.48. The molecule has 2 saturated carbocycles. The van der Waals surface area contributed by atoms with Gasteiger partial charge < -0.3 is 36.5 Å². The second-order valence-electron chi connectivity index (χ2n) is 15.8. The van der Waals surface area contributed by atoms with Gasteiger partial charge in [0.1, 0.15) is 6.04 Å². The molecule has 1 aromatic carbocycles. The molecule has 0 heterocycles. The minimum Gasteiger partial charge on any atom is -0.449 e. The quantitative estimate of drug-likeness (QED) is 0.136. The molecule has 0 radical (unpaired) electrons. The molecule has 1 aromatic rings. The molecule has 300 valence electrons. The standard InChI is InChI=1S/C39H58ClN5O9/c1-7-12-29(34(48)37(51)42-20-30(46)44-32(35(41)49)24-15-11-16-25(40)17-24)43-36(50)28-19-26(54-39(4,5)6)18-27(28)33(47)31(23-13-9-8-10-14-23)45-38(52)53-21-22(2)3/h11,15-17,22-23,26-29,31-32H,7-10,12-14,18-21H2,1-6H3,(H2,41,49)(H,42,51)(H,43,50)(H,44,46)(H,45,52)/t26-,27?,28+,29?,31-,32?/m0/s1. The topological polar surface area (TPSA) is 212 Å². The third-order valence-corrected chi connectivity index (χ3v) is 9.84. The van der Waals surface area contributed by atoms with Crippen LogP contribution < -0.4 is 27.0 Å². The molecule has 0 spiro atoms. The average molecular weight is 776 g/mol. The number of ketones is 2. The van der Waals surface area contributed by atoms with Crippen molar-refractivity contribution in [3.8, 4) is 0 Å². The number of Topliss-reactive ketones (excluding diaryl/α,β-unsaturated/α-hetero) is 2. The van der Waals surface area contributed by atoms with E-state index in [2.05, 4.69) is 21.3 Å². The van der Waals surface area contributed by atoms with Crippen LogP contribution >= 0.6 is 11.6 Å². The Morgan fingerprint density at radius 1 is 0.944 bits per heavy atom. The largest absolute Gasteiger partial charge is 0.449 e. The van der Waals surface area contributed by atoms with Crippen LogP contribution in [0.15, 0.2) is 24.3 Å². The molecular weight excluding hydrogens is 718 g/mol. The molecule has 2 aliphatic carbocycles. The van der Waals surface area contributed by atoms with Crippen molar-refractivity contribution in [1.29, 1.82) is 0 Å². The Kier molecular flexibility index (Phi) is 16.9. The van der Waals surface area contributed by atoms with E-state index in [1.165, 1.54) is 6.07 Å². The second-order valence-corrected chi connectivity index (χ2v) is 16.2. The van der Waals surface area contributed by atoms with Crippen LogP contribution in [-0.4, -0.2) is 78.2 Å². The molecule has 2 aliphatic rings. The number of hydrogen-bond acceptors (Lipinski definition) is 9. The highest BCUT2D eigenvalue weighted by atomic mass is 35.5. The number of rotatable bonds is 18. The van der Waals surface area contributed by atoms with E-state index in [0.717, 1.165) is 32.1 Å². The maximum atomic E-state index is 14.5. The molecule has 0 aromatic heterocycles. The summed E-state index contributed by atoms with van der Waals surface area (Å²) in [7, 11) is 0. The van der Waals surface area contributed by atoms with Gasteiger partial charge in [-0.25, -0.2) is 4.79 Å². The van der Waals surface area contributed by atoms with Crippen LogP contribution in [0.4, 0.5) is 4.79 Å². The van der Waals surface area contributed by atoms with E-state index in [0.29, 0.717) is 17.0 Å². The molecule has 5 amide bonds. The van der Waals surface area contributed by atoms with Gasteiger partial charge in [-0.2, -0.15) is 0 Å². The van der Waals surface area contributed by atoms with Crippen molar-refractivity contribution < 1.29 is 43.0 Å². The smallest absolute Gasteiger partial charge is 0.407 e. The van der Waals surface area contributed by atoms with Gasteiger partial charge in [0.15, 0.2) is 5.78 Å². The highest BCUT2D eigenvalue weighted by molar-refractivity contribution is 6.38. The molecule has 0 bridgehead atoms. The summed E-state index contributed by atoms with van der Waals surface area (Å²) in [5, 5.41) is 10.6. The fraction of sp³-hybridized carbons (Fsp3) is 0.667. The number of amides is 5. The summed E-state index contributed by atoms with van der Waals surface area (Å²) in [5.41, 5.74) is 5.24. The van der Waals surface area contributed by atoms with E-state index < -0.39 is 83.7 Å². The Labute approximate surface area is 323 Å². The van der Waals surface area contributed by atoms with E-state index in [1.54, 1.807) is 25.1 Å². The lowest BCUT2D eigenvalue weighted by Crippen LogP contribution is -2.53. The van der Waals surface area contributed by atoms with Crippen LogP contribution in [0.3, 0.4) is 0 Å². The van der Waals surface area contributed by atoms with E-state index in [9.17, 15) is 33.6 Å². The molecule has 15 heteroatoms. The van der Waals surface area contributed by atoms with Crippen molar-refractivity contribution in [2.75, 3.05) is 13.2 Å². The molecule has 0 saturated heterocycles. The Hall–Kier alpha value is -4.04. The van der Waals surface area contributed by atoms with Crippen LogP contribution in [-0.2, 0) is 38.2 Å². The van der Waals surface area contributed by atoms with Gasteiger partial charge in [0.25, 0.3) is 5.91 Å². The van der Waals surface area contributed by atoms with Gasteiger partial charge in [-0.3, -0.25) is 28.8 Å². The van der Waals surface area contributed by atoms with Crippen LogP contribution in [0.25, 0.3) is 0 Å². The molecule has 6 atom stereocenters. The fourth-order valence-corrected chi connectivity index (χ4v) is 7.38. The van der Waals surface area contributed by atoms with Crippen molar-refractivity contribution >= 4 is 52.9 Å². The molecule has 6 N–H and O–H groups in total. The molecular formula is C39H58ClN5O9. The van der Waals surface area contributed by atoms with Gasteiger partial charge in [-0.1, -0.05) is 70.2 Å². The number of primary amides is 1. The summed E-state index contributed by atoms with van der Waals surface area (Å²) in [6.45, 7) is 10.8. The first-order valence-corrected chi connectivity index (χ1v) is 19.4. The third-order valence-electron chi connectivity index (χ3n) is 9.61. The molecule has 14 nitrogen and oxygen atoms in total. The van der Waals surface area contributed by atoms with Gasteiger partial charge in [-0.05, 0) is 82.4 Å². The van der Waals surface area contributed by atoms with Crippen LogP contribution in [0.1, 0.15) is 111 Å². The zero-order valence-electron chi connectivity index (χ0n) is 32.3. The number of carbonyl (C=O) groups excluding carboxylic acids is 7. The lowest BCUT2D eigenvalue weighted by Gasteiger charge is -2.32. The number of halogens is 1. The monoisotopic (exact) mass is 775 g/mol. The summed E-state index contributed by atoms with van der Waals surface area (Å²) in [6.07, 6.45) is 4.21. The number of alkyl carbamates (subject to hydrolysis) is 1. The fourth-order valence-electron chi connectivity index (χ4n) is 7.18. The third kappa shape index (κ3) is 13.7. The van der Waals surface area contributed by atoms with Crippen LogP contribution in [0.2, 0.25) is 5.02 Å². The summed E-state index contributed by atoms with van der Waals surface area (Å²) in [4.78, 5) is 92.6. The van der Waals surface area contributed by atoms with Crippen molar-refractivity contribution in [3.05, 3.63) is 34.9 Å². The van der Waals surface area contributed by atoms with Gasteiger partial charge in [0.05, 0.1) is 42.9 Å². The summed E-state index contributed by atoms with van der Waals surface area (Å²) < 4.78 is 11.6. The molecule has 3 unspecified atom stereocenters. The average Bonchev–Trinajstić information content (AvgIpc) is 3.52. The zero-order valence-corrected chi connectivity index (χ0v) is 33.1. The Morgan fingerprint density at radius 3 is 2.20 bits per heavy atom. The van der Waals surface area contributed by atoms with E-state index in [4.69, 9.17) is 26.8 Å². The number of nitrogens with two attached hydrogens (primary N) is 1. The van der Waals surface area contributed by atoms with E-state index >= 15 is 0 Å². The molecule has 3 rings (SSSR count). The number of benzene rings is 1. The van der Waals surface area contributed by atoms with E-state index in [-0.39, 0.29) is 43.5 Å². The number of nitrogens with one attached hydrogen (secondary N) is 4. The predicted molar refractivity (Wildman–Crippen MR) is 202 cm³/mol. The minimum atomic E-state index is -1.24. The Bertz CT molecular complexity index is 1510. The SMILES string of the molecule is CCCC(NC(=O)[C@@H]1C[C@@H](OC(C)(C)C)CC1C(=O)[C@@H](NC(=O)OCC(C)C)C1CCCCC1)C(=O)C(=O)NCC(=O)NC(C(N)=O)c1cccc(Cl)c1. The number of carbonyl (C=O) groups is 7. The normalized spacial score (nSPS) is 20.6. The summed E-state index contributed by atoms with van der Waals surface area (Å²) in [6, 6.07) is 2.85. The van der Waals surface area contributed by atoms with Gasteiger partial charge >= 0.3 is 6.09 Å². The zero-order chi connectivity index (χ0) is 40.2. The van der Waals surface area contributed by atoms with Crippen molar-refractivity contribution in [3.63, 3.8) is 0 Å². The lowest BCUT2D eigenvalue weighted by molar-refractivity contribution is -0.141. The van der Waals surface area contributed by atoms with Crippen molar-refractivity contribution in [2.45, 2.75) is 129 Å². The van der Waals surface area contributed by atoms with Crippen molar-refractivity contribution in [1.82, 2.24) is 21.3 Å². The van der Waals surface area contributed by atoms with Gasteiger partial charge in [0, 0.05) is 10.9 Å². The molecule has 54 heavy (non-hydrogen) atoms. The van der Waals surface area contributed by atoms with Gasteiger partial charge in [0.2, 0.25) is 23.5 Å². The minimum absolute atomic E-state index is 0.102.